The molecule has 0 aliphatic heterocycles. The first-order valence-corrected chi connectivity index (χ1v) is 5.71. The Morgan fingerprint density at radius 1 is 1.40 bits per heavy atom. The van der Waals surface area contributed by atoms with Crippen molar-refractivity contribution in [1.29, 1.82) is 0 Å². The van der Waals surface area contributed by atoms with Crippen LogP contribution in [0.4, 0.5) is 4.39 Å². The van der Waals surface area contributed by atoms with Gasteiger partial charge in [-0.2, -0.15) is 0 Å². The molecule has 1 atom stereocenters. The number of carbonyl (C=O) groups excluding carboxylic acids is 2. The molecule has 2 N–H and O–H groups in total. The first-order valence-electron chi connectivity index (χ1n) is 5.71. The molecule has 1 aromatic rings. The van der Waals surface area contributed by atoms with Gasteiger partial charge in [0.2, 0.25) is 0 Å². The Hall–Kier alpha value is -2.44. The second kappa shape index (κ2) is 6.65. The molecule has 0 radical (unpaired) electrons. The molecular weight excluding hydrogens is 269 g/mol. The van der Waals surface area contributed by atoms with E-state index in [0.29, 0.717) is 5.56 Å². The number of carboxylic acid groups (broad SMARTS) is 1. The Kier molecular flexibility index (Phi) is 5.19. The topological polar surface area (TPSA) is 92.7 Å². The molecule has 0 aromatic heterocycles. The SMILES string of the molecule is COC(=O)C[C@H](NC(=O)c1ccc(F)cc1C)C(=O)O. The number of hydrogen-bond donors (Lipinski definition) is 2. The number of carboxylic acids is 1. The lowest BCUT2D eigenvalue weighted by Gasteiger charge is -2.14. The second-order valence-electron chi connectivity index (χ2n) is 4.10. The van der Waals surface area contributed by atoms with Crippen LogP contribution in [0, 0.1) is 12.7 Å². The molecule has 0 heterocycles. The lowest BCUT2D eigenvalue weighted by Crippen LogP contribution is -2.42. The maximum absolute atomic E-state index is 12.9. The minimum absolute atomic E-state index is 0.141. The molecular formula is C13H14FNO5. The normalized spacial score (nSPS) is 11.6. The highest BCUT2D eigenvalue weighted by Crippen LogP contribution is 2.10. The van der Waals surface area contributed by atoms with Crippen LogP contribution in [0.2, 0.25) is 0 Å². The van der Waals surface area contributed by atoms with Crippen LogP contribution in [0.15, 0.2) is 18.2 Å². The molecule has 0 saturated heterocycles. The van der Waals surface area contributed by atoms with Gasteiger partial charge in [0.1, 0.15) is 11.9 Å². The maximum Gasteiger partial charge on any atom is 0.326 e. The third kappa shape index (κ3) is 4.04. The van der Waals surface area contributed by atoms with Crippen LogP contribution in [0.25, 0.3) is 0 Å². The third-order valence-corrected chi connectivity index (χ3v) is 2.63. The summed E-state index contributed by atoms with van der Waals surface area (Å²) in [5.74, 6) is -3.31. The molecule has 6 nitrogen and oxygen atoms in total. The van der Waals surface area contributed by atoms with Crippen molar-refractivity contribution in [2.45, 2.75) is 19.4 Å². The van der Waals surface area contributed by atoms with Crippen LogP contribution in [0.3, 0.4) is 0 Å². The summed E-state index contributed by atoms with van der Waals surface area (Å²) in [5, 5.41) is 11.1. The summed E-state index contributed by atoms with van der Waals surface area (Å²) in [4.78, 5) is 34.0. The predicted molar refractivity (Wildman–Crippen MR) is 66.7 cm³/mol. The average molecular weight is 283 g/mol. The minimum Gasteiger partial charge on any atom is -0.480 e. The van der Waals surface area contributed by atoms with E-state index >= 15 is 0 Å². The van der Waals surface area contributed by atoms with Crippen molar-refractivity contribution >= 4 is 17.8 Å². The van der Waals surface area contributed by atoms with Gasteiger partial charge in [0.05, 0.1) is 13.5 Å². The van der Waals surface area contributed by atoms with Crippen LogP contribution >= 0.6 is 0 Å². The van der Waals surface area contributed by atoms with E-state index < -0.39 is 36.1 Å². The zero-order valence-electron chi connectivity index (χ0n) is 11.0. The lowest BCUT2D eigenvalue weighted by molar-refractivity contribution is -0.147. The molecule has 1 rings (SSSR count). The number of methoxy groups -OCH3 is 1. The summed E-state index contributed by atoms with van der Waals surface area (Å²) in [6, 6.07) is 2.10. The number of hydrogen-bond acceptors (Lipinski definition) is 4. The van der Waals surface area contributed by atoms with Crippen LogP contribution in [0.1, 0.15) is 22.3 Å². The molecule has 1 amide bonds. The number of amides is 1. The number of ether oxygens (including phenoxy) is 1. The van der Waals surface area contributed by atoms with Gasteiger partial charge in [-0.1, -0.05) is 0 Å². The van der Waals surface area contributed by atoms with Crippen molar-refractivity contribution in [3.05, 3.63) is 35.1 Å². The predicted octanol–water partition coefficient (Wildman–Crippen LogP) is 0.880. The number of carbonyl (C=O) groups is 3. The van der Waals surface area contributed by atoms with E-state index in [9.17, 15) is 18.8 Å². The number of benzene rings is 1. The molecule has 0 bridgehead atoms. The molecule has 1 aromatic carbocycles. The molecule has 20 heavy (non-hydrogen) atoms. The van der Waals surface area contributed by atoms with Gasteiger partial charge in [0.15, 0.2) is 0 Å². The Balaban J connectivity index is 2.85. The van der Waals surface area contributed by atoms with Gasteiger partial charge in [0, 0.05) is 5.56 Å². The molecule has 0 unspecified atom stereocenters. The monoisotopic (exact) mass is 283 g/mol. The van der Waals surface area contributed by atoms with Gasteiger partial charge in [-0.05, 0) is 30.7 Å². The Morgan fingerprint density at radius 2 is 2.05 bits per heavy atom. The Labute approximate surface area is 114 Å². The molecule has 0 fully saturated rings. The van der Waals surface area contributed by atoms with E-state index in [1.54, 1.807) is 0 Å². The molecule has 108 valence electrons. The van der Waals surface area contributed by atoms with Crippen LogP contribution in [-0.4, -0.2) is 36.1 Å². The molecule has 7 heteroatoms. The van der Waals surface area contributed by atoms with E-state index in [1.807, 2.05) is 0 Å². The highest BCUT2D eigenvalue weighted by atomic mass is 19.1. The van der Waals surface area contributed by atoms with Gasteiger partial charge in [-0.3, -0.25) is 9.59 Å². The first-order chi connectivity index (χ1) is 9.35. The standard InChI is InChI=1S/C13H14FNO5/c1-7-5-8(14)3-4-9(7)12(17)15-10(13(18)19)6-11(16)20-2/h3-5,10H,6H2,1-2H3,(H,15,17)(H,18,19)/t10-/m0/s1. The summed E-state index contributed by atoms with van der Waals surface area (Å²) in [6.45, 7) is 1.52. The molecule has 0 aliphatic rings. The fourth-order valence-corrected chi connectivity index (χ4v) is 1.57. The van der Waals surface area contributed by atoms with E-state index in [2.05, 4.69) is 10.1 Å². The van der Waals surface area contributed by atoms with Crippen LogP contribution in [0.5, 0.6) is 0 Å². The highest BCUT2D eigenvalue weighted by Gasteiger charge is 2.24. The van der Waals surface area contributed by atoms with Crippen molar-refractivity contribution in [1.82, 2.24) is 5.32 Å². The zero-order valence-corrected chi connectivity index (χ0v) is 11.0. The number of esters is 1. The highest BCUT2D eigenvalue weighted by molar-refractivity contribution is 5.98. The van der Waals surface area contributed by atoms with Crippen LogP contribution < -0.4 is 5.32 Å². The van der Waals surface area contributed by atoms with Crippen molar-refractivity contribution < 1.29 is 28.6 Å². The van der Waals surface area contributed by atoms with E-state index in [4.69, 9.17) is 5.11 Å². The first kappa shape index (κ1) is 15.6. The van der Waals surface area contributed by atoms with Crippen molar-refractivity contribution in [2.75, 3.05) is 7.11 Å². The fourth-order valence-electron chi connectivity index (χ4n) is 1.57. The minimum atomic E-state index is -1.40. The summed E-state index contributed by atoms with van der Waals surface area (Å²) in [7, 11) is 1.12. The summed E-state index contributed by atoms with van der Waals surface area (Å²) >= 11 is 0. The number of nitrogens with one attached hydrogen (secondary N) is 1. The van der Waals surface area contributed by atoms with Gasteiger partial charge in [-0.25, -0.2) is 9.18 Å². The van der Waals surface area contributed by atoms with E-state index in [1.165, 1.54) is 13.0 Å². The summed E-state index contributed by atoms with van der Waals surface area (Å²) < 4.78 is 17.3. The lowest BCUT2D eigenvalue weighted by atomic mass is 10.1. The smallest absolute Gasteiger partial charge is 0.326 e. The average Bonchev–Trinajstić information content (AvgIpc) is 2.37. The largest absolute Gasteiger partial charge is 0.480 e. The van der Waals surface area contributed by atoms with Crippen molar-refractivity contribution in [3.63, 3.8) is 0 Å². The van der Waals surface area contributed by atoms with Crippen molar-refractivity contribution in [2.24, 2.45) is 0 Å². The fraction of sp³-hybridized carbons (Fsp3) is 0.308. The Morgan fingerprint density at radius 3 is 2.55 bits per heavy atom. The van der Waals surface area contributed by atoms with Gasteiger partial charge in [0.25, 0.3) is 5.91 Å². The molecule has 0 saturated carbocycles. The molecule has 0 aliphatic carbocycles. The van der Waals surface area contributed by atoms with Gasteiger partial charge in [-0.15, -0.1) is 0 Å². The van der Waals surface area contributed by atoms with Gasteiger partial charge < -0.3 is 15.2 Å². The third-order valence-electron chi connectivity index (χ3n) is 2.63. The number of aliphatic carboxylic acids is 1. The summed E-state index contributed by atoms with van der Waals surface area (Å²) in [6.07, 6.45) is -0.488. The Bertz CT molecular complexity index is 544. The molecule has 0 spiro atoms. The number of halogens is 1. The van der Waals surface area contributed by atoms with Gasteiger partial charge >= 0.3 is 11.9 Å². The summed E-state index contributed by atoms with van der Waals surface area (Å²) in [5.41, 5.74) is 0.507. The van der Waals surface area contributed by atoms with E-state index in [0.717, 1.165) is 19.2 Å². The van der Waals surface area contributed by atoms with Crippen molar-refractivity contribution in [3.8, 4) is 0 Å². The zero-order chi connectivity index (χ0) is 15.3. The quantitative estimate of drug-likeness (QED) is 0.782. The van der Waals surface area contributed by atoms with Crippen LogP contribution in [-0.2, 0) is 14.3 Å². The number of aryl methyl sites for hydroxylation is 1. The second-order valence-corrected chi connectivity index (χ2v) is 4.10. The number of rotatable bonds is 5. The maximum atomic E-state index is 12.9. The van der Waals surface area contributed by atoms with E-state index in [-0.39, 0.29) is 5.56 Å².